The molecule has 1 heterocycles. The topological polar surface area (TPSA) is 75.6 Å². The van der Waals surface area contributed by atoms with Crippen LogP contribution in [0.25, 0.3) is 0 Å². The van der Waals surface area contributed by atoms with Gasteiger partial charge in [-0.3, -0.25) is 15.0 Å². The lowest BCUT2D eigenvalue weighted by Crippen LogP contribution is -2.54. The highest BCUT2D eigenvalue weighted by Crippen LogP contribution is 2.25. The third-order valence-corrected chi connectivity index (χ3v) is 4.44. The van der Waals surface area contributed by atoms with Crippen molar-refractivity contribution >= 4 is 21.6 Å². The van der Waals surface area contributed by atoms with Crippen LogP contribution in [0.15, 0.2) is 22.7 Å². The van der Waals surface area contributed by atoms with E-state index < -0.39 is 0 Å². The minimum Gasteiger partial charge on any atom is -0.329 e. The summed E-state index contributed by atoms with van der Waals surface area (Å²) in [7, 11) is 2.10. The lowest BCUT2D eigenvalue weighted by atomic mass is 10.1. The molecule has 20 heavy (non-hydrogen) atoms. The number of nitrogens with zero attached hydrogens (tertiary/aromatic N) is 3. The number of halogens is 1. The predicted molar refractivity (Wildman–Crippen MR) is 81.5 cm³/mol. The number of rotatable bonds is 4. The first-order chi connectivity index (χ1) is 9.51. The molecule has 2 rings (SSSR count). The molecule has 1 aliphatic heterocycles. The van der Waals surface area contributed by atoms with Gasteiger partial charge in [0, 0.05) is 55.4 Å². The quantitative estimate of drug-likeness (QED) is 0.661. The molecule has 1 aromatic carbocycles. The summed E-state index contributed by atoms with van der Waals surface area (Å²) in [6, 6.07) is 5.25. The molecule has 0 saturated carbocycles. The van der Waals surface area contributed by atoms with Crippen molar-refractivity contribution in [2.45, 2.75) is 12.6 Å². The summed E-state index contributed by atoms with van der Waals surface area (Å²) in [5, 5.41) is 10.7. The van der Waals surface area contributed by atoms with Gasteiger partial charge in [-0.25, -0.2) is 0 Å². The van der Waals surface area contributed by atoms with E-state index in [2.05, 4.69) is 32.8 Å². The number of non-ortho nitro benzene ring substituents is 1. The van der Waals surface area contributed by atoms with Gasteiger partial charge in [-0.05, 0) is 18.7 Å². The van der Waals surface area contributed by atoms with Crippen LogP contribution in [0.2, 0.25) is 0 Å². The molecule has 1 unspecified atom stereocenters. The molecule has 1 aliphatic rings. The zero-order chi connectivity index (χ0) is 14.7. The lowest BCUT2D eigenvalue weighted by molar-refractivity contribution is -0.384. The Bertz CT molecular complexity index is 497. The summed E-state index contributed by atoms with van der Waals surface area (Å²) in [5.41, 5.74) is 7.00. The van der Waals surface area contributed by atoms with E-state index in [1.807, 2.05) is 6.07 Å². The van der Waals surface area contributed by atoms with Crippen molar-refractivity contribution in [2.75, 3.05) is 33.2 Å². The number of hydrogen-bond acceptors (Lipinski definition) is 5. The van der Waals surface area contributed by atoms with Gasteiger partial charge >= 0.3 is 0 Å². The van der Waals surface area contributed by atoms with Crippen LogP contribution in [0.5, 0.6) is 0 Å². The van der Waals surface area contributed by atoms with Crippen molar-refractivity contribution in [1.29, 1.82) is 0 Å². The van der Waals surface area contributed by atoms with Crippen LogP contribution in [0.3, 0.4) is 0 Å². The number of hydrogen-bond donors (Lipinski definition) is 1. The second kappa shape index (κ2) is 6.62. The summed E-state index contributed by atoms with van der Waals surface area (Å²) >= 11 is 3.42. The van der Waals surface area contributed by atoms with Crippen LogP contribution < -0.4 is 5.73 Å². The van der Waals surface area contributed by atoms with Crippen molar-refractivity contribution in [3.8, 4) is 0 Å². The van der Waals surface area contributed by atoms with E-state index in [-0.39, 0.29) is 10.6 Å². The fraction of sp³-hybridized carbons (Fsp3) is 0.538. The molecule has 1 aromatic rings. The molecule has 1 saturated heterocycles. The lowest BCUT2D eigenvalue weighted by Gasteiger charge is -2.39. The Hall–Kier alpha value is -1.02. The van der Waals surface area contributed by atoms with Gasteiger partial charge in [0.1, 0.15) is 0 Å². The van der Waals surface area contributed by atoms with E-state index in [1.165, 1.54) is 0 Å². The number of nitrogens with two attached hydrogens (primary N) is 1. The zero-order valence-corrected chi connectivity index (χ0v) is 13.0. The molecule has 2 N–H and O–H groups in total. The highest BCUT2D eigenvalue weighted by atomic mass is 79.9. The van der Waals surface area contributed by atoms with E-state index >= 15 is 0 Å². The van der Waals surface area contributed by atoms with Gasteiger partial charge in [0.2, 0.25) is 0 Å². The largest absolute Gasteiger partial charge is 0.329 e. The van der Waals surface area contributed by atoms with Gasteiger partial charge in [0.05, 0.1) is 4.92 Å². The number of piperazine rings is 1. The van der Waals surface area contributed by atoms with Crippen molar-refractivity contribution in [3.05, 3.63) is 38.3 Å². The summed E-state index contributed by atoms with van der Waals surface area (Å²) in [6.45, 7) is 4.31. The Morgan fingerprint density at radius 3 is 2.85 bits per heavy atom. The average Bonchev–Trinajstić information content (AvgIpc) is 2.42. The van der Waals surface area contributed by atoms with Gasteiger partial charge in [-0.2, -0.15) is 0 Å². The van der Waals surface area contributed by atoms with Gasteiger partial charge in [0.25, 0.3) is 5.69 Å². The van der Waals surface area contributed by atoms with E-state index in [0.717, 1.165) is 36.2 Å². The Morgan fingerprint density at radius 2 is 2.25 bits per heavy atom. The molecule has 1 atom stereocenters. The fourth-order valence-corrected chi connectivity index (χ4v) is 2.97. The van der Waals surface area contributed by atoms with E-state index in [4.69, 9.17) is 5.73 Å². The number of likely N-dealkylation sites (N-methyl/N-ethyl adjacent to an activating group) is 1. The molecule has 0 aliphatic carbocycles. The third kappa shape index (κ3) is 3.54. The Balaban J connectivity index is 2.11. The van der Waals surface area contributed by atoms with Crippen molar-refractivity contribution < 1.29 is 4.92 Å². The van der Waals surface area contributed by atoms with Gasteiger partial charge in [-0.1, -0.05) is 15.9 Å². The molecule has 0 bridgehead atoms. The smallest absolute Gasteiger partial charge is 0.270 e. The van der Waals surface area contributed by atoms with Crippen LogP contribution >= 0.6 is 15.9 Å². The van der Waals surface area contributed by atoms with E-state index in [0.29, 0.717) is 12.6 Å². The van der Waals surface area contributed by atoms with E-state index in [1.54, 1.807) is 12.1 Å². The molecule has 0 amide bonds. The second-order valence-electron chi connectivity index (χ2n) is 5.16. The van der Waals surface area contributed by atoms with Crippen molar-refractivity contribution in [1.82, 2.24) is 9.80 Å². The van der Waals surface area contributed by atoms with Crippen LogP contribution in [-0.2, 0) is 6.54 Å². The maximum Gasteiger partial charge on any atom is 0.270 e. The molecule has 0 spiro atoms. The normalized spacial score (nSPS) is 21.1. The predicted octanol–water partition coefficient (Wildman–Crippen LogP) is 1.43. The highest BCUT2D eigenvalue weighted by Gasteiger charge is 2.24. The monoisotopic (exact) mass is 342 g/mol. The second-order valence-corrected chi connectivity index (χ2v) is 6.01. The number of benzene rings is 1. The first-order valence-electron chi connectivity index (χ1n) is 6.56. The highest BCUT2D eigenvalue weighted by molar-refractivity contribution is 9.10. The van der Waals surface area contributed by atoms with Crippen molar-refractivity contribution in [2.24, 2.45) is 5.73 Å². The molecule has 0 aromatic heterocycles. The molecule has 110 valence electrons. The van der Waals surface area contributed by atoms with Gasteiger partial charge in [-0.15, -0.1) is 0 Å². The fourth-order valence-electron chi connectivity index (χ4n) is 2.48. The summed E-state index contributed by atoms with van der Waals surface area (Å²) < 4.78 is 0.779. The zero-order valence-electron chi connectivity index (χ0n) is 11.5. The Morgan fingerprint density at radius 1 is 1.50 bits per heavy atom. The van der Waals surface area contributed by atoms with Crippen LogP contribution in [-0.4, -0.2) is 54.0 Å². The van der Waals surface area contributed by atoms with Crippen LogP contribution in [0, 0.1) is 10.1 Å². The molecular formula is C13H19BrN4O2. The maximum absolute atomic E-state index is 10.7. The average molecular weight is 343 g/mol. The first-order valence-corrected chi connectivity index (χ1v) is 7.36. The summed E-state index contributed by atoms with van der Waals surface area (Å²) in [5.74, 6) is 0. The minimum absolute atomic E-state index is 0.106. The van der Waals surface area contributed by atoms with Crippen molar-refractivity contribution in [3.63, 3.8) is 0 Å². The Kier molecular flexibility index (Phi) is 5.09. The molecule has 0 radical (unpaired) electrons. The summed E-state index contributed by atoms with van der Waals surface area (Å²) in [6.07, 6.45) is 0. The third-order valence-electron chi connectivity index (χ3n) is 3.70. The number of nitro benzene ring substituents is 1. The van der Waals surface area contributed by atoms with Crippen LogP contribution in [0.4, 0.5) is 5.69 Å². The Labute approximate surface area is 126 Å². The first kappa shape index (κ1) is 15.4. The molecular weight excluding hydrogens is 324 g/mol. The standard InChI is InChI=1S/C13H19BrN4O2/c1-16-4-5-17(12(7-15)9-16)8-10-2-3-11(18(19)20)6-13(10)14/h2-3,6,12H,4-5,7-9,15H2,1H3. The molecule has 7 heteroatoms. The molecule has 1 fully saturated rings. The number of nitro groups is 1. The summed E-state index contributed by atoms with van der Waals surface area (Å²) in [4.78, 5) is 15.0. The van der Waals surface area contributed by atoms with Gasteiger partial charge in [0.15, 0.2) is 0 Å². The molecule has 6 nitrogen and oxygen atoms in total. The SMILES string of the molecule is CN1CCN(Cc2ccc([N+](=O)[O-])cc2Br)C(CN)C1. The van der Waals surface area contributed by atoms with E-state index in [9.17, 15) is 10.1 Å². The van der Waals surface area contributed by atoms with Gasteiger partial charge < -0.3 is 10.6 Å². The maximum atomic E-state index is 10.7. The minimum atomic E-state index is -0.382. The van der Waals surface area contributed by atoms with Crippen LogP contribution in [0.1, 0.15) is 5.56 Å².